The first-order valence-electron chi connectivity index (χ1n) is 4.04. The monoisotopic (exact) mass is 244 g/mol. The summed E-state index contributed by atoms with van der Waals surface area (Å²) in [4.78, 5) is 0. The van der Waals surface area contributed by atoms with Crippen molar-refractivity contribution in [2.75, 3.05) is 19.5 Å². The third-order valence-corrected chi connectivity index (χ3v) is 2.50. The highest BCUT2D eigenvalue weighted by Crippen LogP contribution is 2.21. The van der Waals surface area contributed by atoms with E-state index in [2.05, 4.69) is 15.9 Å². The van der Waals surface area contributed by atoms with Gasteiger partial charge in [0.1, 0.15) is 5.75 Å². The van der Waals surface area contributed by atoms with Crippen molar-refractivity contribution in [2.45, 2.75) is 6.10 Å². The maximum Gasteiger partial charge on any atom is 0.118 e. The lowest BCUT2D eigenvalue weighted by Crippen LogP contribution is -2.02. The molecule has 0 aliphatic carbocycles. The van der Waals surface area contributed by atoms with Gasteiger partial charge < -0.3 is 9.47 Å². The second-order valence-electron chi connectivity index (χ2n) is 2.65. The van der Waals surface area contributed by atoms with Crippen LogP contribution in [0, 0.1) is 0 Å². The molecule has 0 radical (unpaired) electrons. The summed E-state index contributed by atoms with van der Waals surface area (Å²) in [7, 11) is 3.36. The Morgan fingerprint density at radius 2 is 1.85 bits per heavy atom. The Bertz CT molecular complexity index is 242. The summed E-state index contributed by atoms with van der Waals surface area (Å²) in [5, 5.41) is 0.801. The molecule has 0 unspecified atom stereocenters. The molecule has 2 nitrogen and oxygen atoms in total. The minimum atomic E-state index is 0.117. The molecule has 0 fully saturated rings. The number of hydrogen-bond donors (Lipinski definition) is 0. The Labute approximate surface area is 87.0 Å². The van der Waals surface area contributed by atoms with E-state index in [1.165, 1.54) is 0 Å². The highest BCUT2D eigenvalue weighted by atomic mass is 79.9. The molecule has 0 saturated heterocycles. The van der Waals surface area contributed by atoms with E-state index < -0.39 is 0 Å². The summed E-state index contributed by atoms with van der Waals surface area (Å²) in [6.45, 7) is 0. The topological polar surface area (TPSA) is 18.5 Å². The van der Waals surface area contributed by atoms with Crippen molar-refractivity contribution in [3.63, 3.8) is 0 Å². The number of halogens is 1. The Morgan fingerprint density at radius 1 is 1.23 bits per heavy atom. The number of hydrogen-bond acceptors (Lipinski definition) is 2. The minimum Gasteiger partial charge on any atom is -0.497 e. The Morgan fingerprint density at radius 3 is 2.23 bits per heavy atom. The first-order chi connectivity index (χ1) is 6.31. The molecule has 0 N–H and O–H groups in total. The van der Waals surface area contributed by atoms with Crippen LogP contribution in [0.25, 0.3) is 0 Å². The average molecular weight is 245 g/mol. The molecule has 0 amide bonds. The van der Waals surface area contributed by atoms with Crippen molar-refractivity contribution in [1.29, 1.82) is 0 Å². The summed E-state index contributed by atoms with van der Waals surface area (Å²) in [6.07, 6.45) is 0.117. The van der Waals surface area contributed by atoms with Crippen LogP contribution in [0.5, 0.6) is 5.75 Å². The van der Waals surface area contributed by atoms with Gasteiger partial charge in [-0.05, 0) is 17.7 Å². The van der Waals surface area contributed by atoms with Crippen molar-refractivity contribution >= 4 is 15.9 Å². The largest absolute Gasteiger partial charge is 0.497 e. The molecule has 0 aliphatic rings. The smallest absolute Gasteiger partial charge is 0.118 e. The number of methoxy groups -OCH3 is 2. The van der Waals surface area contributed by atoms with Crippen molar-refractivity contribution in [3.8, 4) is 5.75 Å². The van der Waals surface area contributed by atoms with Crippen LogP contribution in [0.3, 0.4) is 0 Å². The average Bonchev–Trinajstić information content (AvgIpc) is 2.21. The molecular weight excluding hydrogens is 232 g/mol. The summed E-state index contributed by atoms with van der Waals surface area (Å²) >= 11 is 3.39. The first kappa shape index (κ1) is 10.5. The predicted molar refractivity (Wildman–Crippen MR) is 56.5 cm³/mol. The molecule has 0 spiro atoms. The lowest BCUT2D eigenvalue weighted by Gasteiger charge is -2.12. The van der Waals surface area contributed by atoms with Gasteiger partial charge in [-0.3, -0.25) is 0 Å². The van der Waals surface area contributed by atoms with Crippen molar-refractivity contribution in [1.82, 2.24) is 0 Å². The highest BCUT2D eigenvalue weighted by molar-refractivity contribution is 9.09. The van der Waals surface area contributed by atoms with Gasteiger partial charge in [0.15, 0.2) is 0 Å². The van der Waals surface area contributed by atoms with Crippen molar-refractivity contribution in [2.24, 2.45) is 0 Å². The van der Waals surface area contributed by atoms with Crippen LogP contribution < -0.4 is 4.74 Å². The Balaban J connectivity index is 2.78. The van der Waals surface area contributed by atoms with E-state index in [1.54, 1.807) is 14.2 Å². The SMILES string of the molecule is COc1ccc([C@H](CBr)OC)cc1. The molecule has 0 heterocycles. The van der Waals surface area contributed by atoms with Gasteiger partial charge >= 0.3 is 0 Å². The third kappa shape index (κ3) is 2.71. The predicted octanol–water partition coefficient (Wildman–Crippen LogP) is 2.78. The van der Waals surface area contributed by atoms with E-state index in [1.807, 2.05) is 24.3 Å². The molecule has 0 saturated carbocycles. The second kappa shape index (κ2) is 5.25. The molecule has 0 bridgehead atoms. The molecule has 1 aromatic carbocycles. The number of benzene rings is 1. The van der Waals surface area contributed by atoms with E-state index in [0.29, 0.717) is 0 Å². The van der Waals surface area contributed by atoms with Gasteiger partial charge in [-0.25, -0.2) is 0 Å². The van der Waals surface area contributed by atoms with E-state index in [4.69, 9.17) is 9.47 Å². The van der Waals surface area contributed by atoms with Crippen LogP contribution in [-0.4, -0.2) is 19.5 Å². The molecular formula is C10H13BrO2. The lowest BCUT2D eigenvalue weighted by molar-refractivity contribution is 0.124. The number of alkyl halides is 1. The standard InChI is InChI=1S/C10H13BrO2/c1-12-9-5-3-8(4-6-9)10(7-11)13-2/h3-6,10H,7H2,1-2H3/t10-/m0/s1. The van der Waals surface area contributed by atoms with Gasteiger partial charge in [-0.1, -0.05) is 28.1 Å². The van der Waals surface area contributed by atoms with Gasteiger partial charge in [0.2, 0.25) is 0 Å². The molecule has 1 aromatic rings. The number of rotatable bonds is 4. The summed E-state index contributed by atoms with van der Waals surface area (Å²) in [5.41, 5.74) is 1.15. The summed E-state index contributed by atoms with van der Waals surface area (Å²) in [5.74, 6) is 0.869. The van der Waals surface area contributed by atoms with Gasteiger partial charge in [0.25, 0.3) is 0 Å². The van der Waals surface area contributed by atoms with Crippen LogP contribution in [0.2, 0.25) is 0 Å². The maximum absolute atomic E-state index is 5.27. The van der Waals surface area contributed by atoms with Crippen LogP contribution in [-0.2, 0) is 4.74 Å². The van der Waals surface area contributed by atoms with Gasteiger partial charge in [-0.2, -0.15) is 0 Å². The van der Waals surface area contributed by atoms with Crippen LogP contribution >= 0.6 is 15.9 Å². The molecule has 0 aliphatic heterocycles. The zero-order valence-electron chi connectivity index (χ0n) is 7.79. The summed E-state index contributed by atoms with van der Waals surface area (Å²) in [6, 6.07) is 7.89. The van der Waals surface area contributed by atoms with E-state index in [0.717, 1.165) is 16.6 Å². The molecule has 13 heavy (non-hydrogen) atoms. The van der Waals surface area contributed by atoms with E-state index in [9.17, 15) is 0 Å². The van der Waals surface area contributed by atoms with Crippen LogP contribution in [0.1, 0.15) is 11.7 Å². The van der Waals surface area contributed by atoms with Gasteiger partial charge in [0, 0.05) is 12.4 Å². The Kier molecular flexibility index (Phi) is 4.25. The van der Waals surface area contributed by atoms with Crippen LogP contribution in [0.4, 0.5) is 0 Å². The second-order valence-corrected chi connectivity index (χ2v) is 3.30. The molecule has 0 aromatic heterocycles. The normalized spacial score (nSPS) is 12.5. The van der Waals surface area contributed by atoms with Gasteiger partial charge in [0.05, 0.1) is 13.2 Å². The molecule has 1 atom stereocenters. The summed E-state index contributed by atoms with van der Waals surface area (Å²) < 4.78 is 10.3. The van der Waals surface area contributed by atoms with Crippen molar-refractivity contribution < 1.29 is 9.47 Å². The zero-order valence-corrected chi connectivity index (χ0v) is 9.37. The van der Waals surface area contributed by atoms with Crippen molar-refractivity contribution in [3.05, 3.63) is 29.8 Å². The minimum absolute atomic E-state index is 0.117. The fourth-order valence-corrected chi connectivity index (χ4v) is 1.74. The molecule has 1 rings (SSSR count). The molecule has 3 heteroatoms. The zero-order chi connectivity index (χ0) is 9.68. The first-order valence-corrected chi connectivity index (χ1v) is 5.16. The highest BCUT2D eigenvalue weighted by Gasteiger charge is 2.07. The fourth-order valence-electron chi connectivity index (χ4n) is 1.11. The quantitative estimate of drug-likeness (QED) is 0.759. The van der Waals surface area contributed by atoms with Gasteiger partial charge in [-0.15, -0.1) is 0 Å². The lowest BCUT2D eigenvalue weighted by atomic mass is 10.1. The maximum atomic E-state index is 5.27. The van der Waals surface area contributed by atoms with E-state index in [-0.39, 0.29) is 6.10 Å². The molecule has 72 valence electrons. The third-order valence-electron chi connectivity index (χ3n) is 1.91. The fraction of sp³-hybridized carbons (Fsp3) is 0.400. The Hall–Kier alpha value is -0.540. The van der Waals surface area contributed by atoms with E-state index >= 15 is 0 Å². The number of ether oxygens (including phenoxy) is 2. The van der Waals surface area contributed by atoms with Crippen LogP contribution in [0.15, 0.2) is 24.3 Å².